The highest BCUT2D eigenvalue weighted by Gasteiger charge is 2.17. The van der Waals surface area contributed by atoms with Crippen molar-refractivity contribution in [3.8, 4) is 0 Å². The number of hydrogen-bond donors (Lipinski definition) is 2. The summed E-state index contributed by atoms with van der Waals surface area (Å²) in [5.41, 5.74) is 3.76. The summed E-state index contributed by atoms with van der Waals surface area (Å²) in [5, 5.41) is 7.71. The molecule has 1 saturated heterocycles. The van der Waals surface area contributed by atoms with Gasteiger partial charge in [0.15, 0.2) is 0 Å². The van der Waals surface area contributed by atoms with E-state index in [-0.39, 0.29) is 11.8 Å². The van der Waals surface area contributed by atoms with Crippen LogP contribution in [0.4, 0.5) is 11.4 Å². The molecule has 2 N–H and O–H groups in total. The summed E-state index contributed by atoms with van der Waals surface area (Å²) in [5.74, 6) is -0.281. The number of anilines is 2. The highest BCUT2D eigenvalue weighted by atomic mass is 32.1. The van der Waals surface area contributed by atoms with E-state index in [9.17, 15) is 9.59 Å². The minimum atomic E-state index is -0.162. The second-order valence-electron chi connectivity index (χ2n) is 8.29. The van der Waals surface area contributed by atoms with Gasteiger partial charge in [-0.2, -0.15) is 0 Å². The molecular weight excluding hydrogens is 432 g/mol. The third-order valence-corrected chi connectivity index (χ3v) is 6.67. The zero-order valence-electron chi connectivity index (χ0n) is 18.9. The summed E-state index contributed by atoms with van der Waals surface area (Å²) >= 11 is 1.39. The number of nitrogens with one attached hydrogen (secondary N) is 2. The van der Waals surface area contributed by atoms with E-state index in [4.69, 9.17) is 0 Å². The van der Waals surface area contributed by atoms with Crippen LogP contribution in [0.1, 0.15) is 32.0 Å². The zero-order valence-corrected chi connectivity index (χ0v) is 19.7. The molecule has 2 aromatic carbocycles. The summed E-state index contributed by atoms with van der Waals surface area (Å²) in [6, 6.07) is 19.3. The second kappa shape index (κ2) is 11.1. The normalized spacial score (nSPS) is 14.2. The summed E-state index contributed by atoms with van der Waals surface area (Å²) in [6.07, 6.45) is 0.908. The van der Waals surface area contributed by atoms with E-state index < -0.39 is 0 Å². The Kier molecular flexibility index (Phi) is 7.75. The molecule has 1 aliphatic heterocycles. The van der Waals surface area contributed by atoms with E-state index in [1.54, 1.807) is 30.3 Å². The Morgan fingerprint density at radius 3 is 2.52 bits per heavy atom. The van der Waals surface area contributed by atoms with Gasteiger partial charge in [0.1, 0.15) is 0 Å². The lowest BCUT2D eigenvalue weighted by atomic mass is 10.2. The van der Waals surface area contributed by atoms with Gasteiger partial charge in [0.2, 0.25) is 0 Å². The fraction of sp³-hybridized carbons (Fsp3) is 0.308. The fourth-order valence-electron chi connectivity index (χ4n) is 4.00. The molecule has 2 amide bonds. The quantitative estimate of drug-likeness (QED) is 0.491. The van der Waals surface area contributed by atoms with Gasteiger partial charge in [0, 0.05) is 49.7 Å². The van der Waals surface area contributed by atoms with E-state index in [1.807, 2.05) is 11.4 Å². The van der Waals surface area contributed by atoms with Gasteiger partial charge in [-0.15, -0.1) is 11.3 Å². The van der Waals surface area contributed by atoms with Gasteiger partial charge in [0.25, 0.3) is 11.8 Å². The smallest absolute Gasteiger partial charge is 0.265 e. The van der Waals surface area contributed by atoms with Crippen molar-refractivity contribution in [3.63, 3.8) is 0 Å². The number of piperazine rings is 1. The Morgan fingerprint density at radius 2 is 1.76 bits per heavy atom. The largest absolute Gasteiger partial charge is 0.369 e. The van der Waals surface area contributed by atoms with Gasteiger partial charge in [-0.25, -0.2) is 0 Å². The van der Waals surface area contributed by atoms with E-state index in [0.717, 1.165) is 39.1 Å². The molecule has 0 aliphatic carbocycles. The van der Waals surface area contributed by atoms with Gasteiger partial charge in [-0.05, 0) is 67.2 Å². The number of benzene rings is 2. The maximum Gasteiger partial charge on any atom is 0.265 e. The monoisotopic (exact) mass is 462 g/mol. The molecule has 3 aromatic rings. The van der Waals surface area contributed by atoms with Crippen molar-refractivity contribution in [1.29, 1.82) is 0 Å². The number of carbonyl (C=O) groups is 2. The highest BCUT2D eigenvalue weighted by Crippen LogP contribution is 2.18. The van der Waals surface area contributed by atoms with Crippen molar-refractivity contribution in [1.82, 2.24) is 10.2 Å². The van der Waals surface area contributed by atoms with Gasteiger partial charge in [-0.1, -0.05) is 24.3 Å². The van der Waals surface area contributed by atoms with Crippen LogP contribution in [0.2, 0.25) is 0 Å². The first-order valence-corrected chi connectivity index (χ1v) is 12.2. The maximum atomic E-state index is 12.5. The topological polar surface area (TPSA) is 64.7 Å². The van der Waals surface area contributed by atoms with Gasteiger partial charge < -0.3 is 15.5 Å². The Labute approximate surface area is 199 Å². The van der Waals surface area contributed by atoms with Crippen molar-refractivity contribution in [2.45, 2.75) is 13.3 Å². The molecule has 0 unspecified atom stereocenters. The molecule has 172 valence electrons. The van der Waals surface area contributed by atoms with Crippen LogP contribution in [-0.4, -0.2) is 56.0 Å². The standard InChI is InChI=1S/C26H30N4O2S/c1-20-6-2-9-23(18-20)30-15-13-29(14-16-30)12-5-11-27-25(31)21-7-3-8-22(19-21)28-26(32)24-10-4-17-33-24/h2-4,6-10,17-19H,5,11-16H2,1H3,(H,27,31)(H,28,32). The van der Waals surface area contributed by atoms with Crippen molar-refractivity contribution >= 4 is 34.5 Å². The molecule has 33 heavy (non-hydrogen) atoms. The van der Waals surface area contributed by atoms with Gasteiger partial charge in [-0.3, -0.25) is 14.5 Å². The summed E-state index contributed by atoms with van der Waals surface area (Å²) in [6.45, 7) is 7.86. The molecule has 0 saturated carbocycles. The van der Waals surface area contributed by atoms with Gasteiger partial charge in [0.05, 0.1) is 4.88 Å². The molecule has 1 aliphatic rings. The minimum Gasteiger partial charge on any atom is -0.369 e. The maximum absolute atomic E-state index is 12.5. The molecule has 1 fully saturated rings. The third kappa shape index (κ3) is 6.43. The lowest BCUT2D eigenvalue weighted by Crippen LogP contribution is -2.47. The van der Waals surface area contributed by atoms with E-state index >= 15 is 0 Å². The summed E-state index contributed by atoms with van der Waals surface area (Å²) in [4.78, 5) is 30.3. The zero-order chi connectivity index (χ0) is 23.0. The molecule has 1 aromatic heterocycles. The van der Waals surface area contributed by atoms with E-state index in [0.29, 0.717) is 22.7 Å². The van der Waals surface area contributed by atoms with Crippen molar-refractivity contribution in [3.05, 3.63) is 82.0 Å². The van der Waals surface area contributed by atoms with Crippen LogP contribution in [-0.2, 0) is 0 Å². The number of aryl methyl sites for hydroxylation is 1. The van der Waals surface area contributed by atoms with Crippen molar-refractivity contribution < 1.29 is 9.59 Å². The van der Waals surface area contributed by atoms with Crippen molar-refractivity contribution in [2.75, 3.05) is 49.5 Å². The van der Waals surface area contributed by atoms with Crippen LogP contribution >= 0.6 is 11.3 Å². The van der Waals surface area contributed by atoms with Crippen LogP contribution in [0.3, 0.4) is 0 Å². The number of carbonyl (C=O) groups excluding carboxylic acids is 2. The Hall–Kier alpha value is -3.16. The Bertz CT molecular complexity index is 1080. The van der Waals surface area contributed by atoms with Crippen LogP contribution in [0.25, 0.3) is 0 Å². The fourth-order valence-corrected chi connectivity index (χ4v) is 4.62. The van der Waals surface area contributed by atoms with Gasteiger partial charge >= 0.3 is 0 Å². The number of thiophene rings is 1. The number of rotatable bonds is 8. The second-order valence-corrected chi connectivity index (χ2v) is 9.24. The lowest BCUT2D eigenvalue weighted by molar-refractivity contribution is 0.0950. The van der Waals surface area contributed by atoms with E-state index in [2.05, 4.69) is 51.6 Å². The third-order valence-electron chi connectivity index (χ3n) is 5.80. The molecule has 0 bridgehead atoms. The number of hydrogen-bond acceptors (Lipinski definition) is 5. The first kappa shape index (κ1) is 23.0. The predicted molar refractivity (Wildman–Crippen MR) is 135 cm³/mol. The summed E-state index contributed by atoms with van der Waals surface area (Å²) in [7, 11) is 0. The number of nitrogens with zero attached hydrogens (tertiary/aromatic N) is 2. The molecular formula is C26H30N4O2S. The first-order chi connectivity index (χ1) is 16.1. The van der Waals surface area contributed by atoms with Crippen LogP contribution in [0.15, 0.2) is 66.0 Å². The molecule has 0 radical (unpaired) electrons. The summed E-state index contributed by atoms with van der Waals surface area (Å²) < 4.78 is 0. The SMILES string of the molecule is Cc1cccc(N2CCN(CCCNC(=O)c3cccc(NC(=O)c4cccs4)c3)CC2)c1. The molecule has 7 heteroatoms. The molecule has 2 heterocycles. The Morgan fingerprint density at radius 1 is 0.939 bits per heavy atom. The van der Waals surface area contributed by atoms with E-state index in [1.165, 1.54) is 22.6 Å². The highest BCUT2D eigenvalue weighted by molar-refractivity contribution is 7.12. The lowest BCUT2D eigenvalue weighted by Gasteiger charge is -2.36. The average molecular weight is 463 g/mol. The molecule has 0 spiro atoms. The number of amides is 2. The van der Waals surface area contributed by atoms with Crippen molar-refractivity contribution in [2.24, 2.45) is 0 Å². The molecule has 4 rings (SSSR count). The molecule has 0 atom stereocenters. The van der Waals surface area contributed by atoms with Crippen LogP contribution in [0, 0.1) is 6.92 Å². The average Bonchev–Trinajstić information content (AvgIpc) is 3.38. The first-order valence-electron chi connectivity index (χ1n) is 11.4. The van der Waals surface area contributed by atoms with Crippen LogP contribution < -0.4 is 15.5 Å². The molecule has 6 nitrogen and oxygen atoms in total. The Balaban J connectivity index is 1.18. The predicted octanol–water partition coefficient (Wildman–Crippen LogP) is 4.25. The van der Waals surface area contributed by atoms with Crippen LogP contribution in [0.5, 0.6) is 0 Å². The minimum absolute atomic E-state index is 0.119.